The van der Waals surface area contributed by atoms with Gasteiger partial charge in [-0.1, -0.05) is 0 Å². The summed E-state index contributed by atoms with van der Waals surface area (Å²) in [6.07, 6.45) is 6.09. The van der Waals surface area contributed by atoms with Gasteiger partial charge in [0.05, 0.1) is 0 Å². The number of nitrogens with one attached hydrogen (secondary N) is 1. The Kier molecular flexibility index (Phi) is 5.97. The first-order valence-electron chi connectivity index (χ1n) is 6.85. The number of rotatable bonds is 6. The zero-order valence-corrected chi connectivity index (χ0v) is 13.2. The molecule has 0 saturated carbocycles. The van der Waals surface area contributed by atoms with Crippen molar-refractivity contribution in [2.45, 2.75) is 25.7 Å². The van der Waals surface area contributed by atoms with E-state index in [-0.39, 0.29) is 5.28 Å². The van der Waals surface area contributed by atoms with E-state index in [4.69, 9.17) is 11.6 Å². The average molecular weight is 318 g/mol. The van der Waals surface area contributed by atoms with Crippen LogP contribution in [0.15, 0.2) is 0 Å². The molecule has 0 aromatic carbocycles. The molecule has 6 nitrogen and oxygen atoms in total. The lowest BCUT2D eigenvalue weighted by Gasteiger charge is -2.26. The fourth-order valence-electron chi connectivity index (χ4n) is 2.13. The van der Waals surface area contributed by atoms with Gasteiger partial charge in [0, 0.05) is 42.4 Å². The second-order valence-electron chi connectivity index (χ2n) is 4.83. The van der Waals surface area contributed by atoms with E-state index in [9.17, 15) is 4.21 Å². The van der Waals surface area contributed by atoms with Crippen LogP contribution in [0.4, 0.5) is 11.9 Å². The Balaban J connectivity index is 1.95. The van der Waals surface area contributed by atoms with E-state index in [1.165, 1.54) is 6.42 Å². The van der Waals surface area contributed by atoms with Crippen molar-refractivity contribution in [1.29, 1.82) is 0 Å². The van der Waals surface area contributed by atoms with Crippen LogP contribution in [-0.4, -0.2) is 50.8 Å². The summed E-state index contributed by atoms with van der Waals surface area (Å²) in [6, 6.07) is 0. The minimum Gasteiger partial charge on any atom is -0.354 e. The van der Waals surface area contributed by atoms with Crippen LogP contribution in [0.25, 0.3) is 0 Å². The van der Waals surface area contributed by atoms with Crippen molar-refractivity contribution >= 4 is 34.3 Å². The molecule has 8 heteroatoms. The molecule has 1 aromatic rings. The Morgan fingerprint density at radius 1 is 1.25 bits per heavy atom. The van der Waals surface area contributed by atoms with Crippen molar-refractivity contribution < 1.29 is 4.21 Å². The molecule has 1 N–H and O–H groups in total. The molecule has 1 aliphatic heterocycles. The van der Waals surface area contributed by atoms with Crippen LogP contribution < -0.4 is 10.2 Å². The monoisotopic (exact) mass is 317 g/mol. The molecular formula is C12H20ClN5OS. The Morgan fingerprint density at radius 2 is 2.00 bits per heavy atom. The number of hydrogen-bond donors (Lipinski definition) is 1. The molecule has 1 unspecified atom stereocenters. The SMILES string of the molecule is CS(=O)CCCNc1nc(Cl)nc(N2CCCCC2)n1. The first-order chi connectivity index (χ1) is 9.65. The maximum Gasteiger partial charge on any atom is 0.231 e. The highest BCUT2D eigenvalue weighted by Gasteiger charge is 2.15. The van der Waals surface area contributed by atoms with Gasteiger partial charge in [0.15, 0.2) is 0 Å². The predicted molar refractivity (Wildman–Crippen MR) is 82.9 cm³/mol. The Morgan fingerprint density at radius 3 is 2.70 bits per heavy atom. The van der Waals surface area contributed by atoms with Gasteiger partial charge < -0.3 is 10.2 Å². The van der Waals surface area contributed by atoms with Gasteiger partial charge in [-0.3, -0.25) is 4.21 Å². The van der Waals surface area contributed by atoms with Gasteiger partial charge in [0.2, 0.25) is 17.2 Å². The number of hydrogen-bond acceptors (Lipinski definition) is 6. The van der Waals surface area contributed by atoms with E-state index in [1.807, 2.05) is 0 Å². The predicted octanol–water partition coefficient (Wildman–Crippen LogP) is 1.70. The first kappa shape index (κ1) is 15.4. The molecule has 20 heavy (non-hydrogen) atoms. The third kappa shape index (κ3) is 4.86. The quantitative estimate of drug-likeness (QED) is 0.805. The summed E-state index contributed by atoms with van der Waals surface area (Å²) in [5, 5.41) is 3.32. The minimum atomic E-state index is -0.764. The molecule has 1 saturated heterocycles. The normalized spacial score (nSPS) is 17.0. The Hall–Kier alpha value is -0.950. The van der Waals surface area contributed by atoms with Gasteiger partial charge in [0.1, 0.15) is 0 Å². The van der Waals surface area contributed by atoms with E-state index in [0.29, 0.717) is 24.2 Å². The lowest BCUT2D eigenvalue weighted by atomic mass is 10.1. The van der Waals surface area contributed by atoms with Crippen LogP contribution in [-0.2, 0) is 10.8 Å². The van der Waals surface area contributed by atoms with Gasteiger partial charge in [0.25, 0.3) is 0 Å². The lowest BCUT2D eigenvalue weighted by Crippen LogP contribution is -2.31. The summed E-state index contributed by atoms with van der Waals surface area (Å²) in [5.74, 6) is 1.81. The summed E-state index contributed by atoms with van der Waals surface area (Å²) < 4.78 is 11.0. The van der Waals surface area contributed by atoms with Crippen molar-refractivity contribution in [3.63, 3.8) is 0 Å². The van der Waals surface area contributed by atoms with Gasteiger partial charge in [-0.15, -0.1) is 0 Å². The van der Waals surface area contributed by atoms with Crippen molar-refractivity contribution in [2.24, 2.45) is 0 Å². The van der Waals surface area contributed by atoms with Crippen LogP contribution in [0.5, 0.6) is 0 Å². The van der Waals surface area contributed by atoms with Gasteiger partial charge in [-0.25, -0.2) is 0 Å². The summed E-state index contributed by atoms with van der Waals surface area (Å²) >= 11 is 5.95. The molecule has 1 aliphatic rings. The zero-order valence-electron chi connectivity index (χ0n) is 11.6. The van der Waals surface area contributed by atoms with Crippen LogP contribution in [0, 0.1) is 0 Å². The van der Waals surface area contributed by atoms with E-state index in [2.05, 4.69) is 25.2 Å². The molecule has 2 heterocycles. The molecule has 0 spiro atoms. The number of anilines is 2. The van der Waals surface area contributed by atoms with Gasteiger partial charge >= 0.3 is 0 Å². The summed E-state index contributed by atoms with van der Waals surface area (Å²) in [5.41, 5.74) is 0. The Labute approximate surface area is 126 Å². The highest BCUT2D eigenvalue weighted by Crippen LogP contribution is 2.18. The number of piperidine rings is 1. The van der Waals surface area contributed by atoms with Gasteiger partial charge in [-0.05, 0) is 37.3 Å². The molecule has 112 valence electrons. The average Bonchev–Trinajstić information content (AvgIpc) is 2.44. The van der Waals surface area contributed by atoms with Crippen LogP contribution in [0.1, 0.15) is 25.7 Å². The topological polar surface area (TPSA) is 71.0 Å². The first-order valence-corrected chi connectivity index (χ1v) is 8.96. The number of halogens is 1. The fraction of sp³-hybridized carbons (Fsp3) is 0.750. The summed E-state index contributed by atoms with van der Waals surface area (Å²) in [4.78, 5) is 14.8. The van der Waals surface area contributed by atoms with Crippen LogP contribution in [0.3, 0.4) is 0 Å². The molecular weight excluding hydrogens is 298 g/mol. The van der Waals surface area contributed by atoms with Crippen LogP contribution >= 0.6 is 11.6 Å². The van der Waals surface area contributed by atoms with Crippen molar-refractivity contribution in [3.8, 4) is 0 Å². The van der Waals surface area contributed by atoms with E-state index in [0.717, 1.165) is 32.4 Å². The van der Waals surface area contributed by atoms with E-state index >= 15 is 0 Å². The van der Waals surface area contributed by atoms with Crippen molar-refractivity contribution in [3.05, 3.63) is 5.28 Å². The number of aromatic nitrogens is 3. The summed E-state index contributed by atoms with van der Waals surface area (Å²) in [7, 11) is -0.764. The molecule has 2 rings (SSSR count). The zero-order chi connectivity index (χ0) is 14.4. The lowest BCUT2D eigenvalue weighted by molar-refractivity contribution is 0.567. The van der Waals surface area contributed by atoms with Crippen molar-refractivity contribution in [1.82, 2.24) is 15.0 Å². The highest BCUT2D eigenvalue weighted by atomic mass is 35.5. The molecule has 1 fully saturated rings. The largest absolute Gasteiger partial charge is 0.354 e. The second kappa shape index (κ2) is 7.73. The third-order valence-electron chi connectivity index (χ3n) is 3.13. The Bertz CT molecular complexity index is 467. The van der Waals surface area contributed by atoms with Gasteiger partial charge in [-0.2, -0.15) is 15.0 Å². The molecule has 1 atom stereocenters. The maximum absolute atomic E-state index is 11.0. The summed E-state index contributed by atoms with van der Waals surface area (Å²) in [6.45, 7) is 2.61. The van der Waals surface area contributed by atoms with Crippen LogP contribution in [0.2, 0.25) is 5.28 Å². The van der Waals surface area contributed by atoms with Crippen molar-refractivity contribution in [2.75, 3.05) is 41.9 Å². The fourth-order valence-corrected chi connectivity index (χ4v) is 2.84. The molecule has 0 aliphatic carbocycles. The molecule has 0 radical (unpaired) electrons. The standard InChI is InChI=1S/C12H20ClN5OS/c1-20(19)9-5-6-14-11-15-10(13)16-12(17-11)18-7-3-2-4-8-18/h2-9H2,1H3,(H,14,15,16,17). The molecule has 1 aromatic heterocycles. The highest BCUT2D eigenvalue weighted by molar-refractivity contribution is 7.84. The maximum atomic E-state index is 11.0. The third-order valence-corrected chi connectivity index (χ3v) is 4.16. The van der Waals surface area contributed by atoms with E-state index < -0.39 is 10.8 Å². The number of nitrogens with zero attached hydrogens (tertiary/aromatic N) is 4. The second-order valence-corrected chi connectivity index (χ2v) is 6.73. The molecule has 0 amide bonds. The van der Waals surface area contributed by atoms with E-state index in [1.54, 1.807) is 6.26 Å². The minimum absolute atomic E-state index is 0.210. The smallest absolute Gasteiger partial charge is 0.231 e. The molecule has 0 bridgehead atoms.